The van der Waals surface area contributed by atoms with Gasteiger partial charge in [0.05, 0.1) is 6.10 Å². The minimum Gasteiger partial charge on any atom is -0.491 e. The number of hydrogen-bond donors (Lipinski definition) is 1. The molecule has 0 aliphatic carbocycles. The first kappa shape index (κ1) is 16.3. The molecule has 1 aromatic rings. The lowest BCUT2D eigenvalue weighted by molar-refractivity contribution is 0.189. The van der Waals surface area contributed by atoms with Gasteiger partial charge in [-0.2, -0.15) is 0 Å². The first-order valence-corrected chi connectivity index (χ1v) is 8.23. The average Bonchev–Trinajstić information content (AvgIpc) is 2.60. The van der Waals surface area contributed by atoms with Crippen LogP contribution in [0.2, 0.25) is 0 Å². The fraction of sp³-hybridized carbons (Fsp3) is 0.667. The van der Waals surface area contributed by atoms with E-state index in [0.29, 0.717) is 12.0 Å². The van der Waals surface area contributed by atoms with Crippen molar-refractivity contribution >= 4 is 0 Å². The zero-order valence-electron chi connectivity index (χ0n) is 13.9. The molecule has 21 heavy (non-hydrogen) atoms. The zero-order valence-corrected chi connectivity index (χ0v) is 13.9. The highest BCUT2D eigenvalue weighted by Crippen LogP contribution is 2.35. The monoisotopic (exact) mass is 290 g/mol. The van der Waals surface area contributed by atoms with E-state index in [-0.39, 0.29) is 6.10 Å². The van der Waals surface area contributed by atoms with Gasteiger partial charge < -0.3 is 10.1 Å². The molecule has 0 aromatic heterocycles. The summed E-state index contributed by atoms with van der Waals surface area (Å²) in [6, 6.07) is 9.16. The third-order valence-corrected chi connectivity index (χ3v) is 4.29. The predicted octanol–water partition coefficient (Wildman–Crippen LogP) is 3.47. The van der Waals surface area contributed by atoms with Crippen molar-refractivity contribution in [3.8, 4) is 5.75 Å². The summed E-state index contributed by atoms with van der Waals surface area (Å²) in [4.78, 5) is 2.52. The van der Waals surface area contributed by atoms with E-state index < -0.39 is 0 Å². The molecule has 2 unspecified atom stereocenters. The summed E-state index contributed by atoms with van der Waals surface area (Å²) in [6.07, 6.45) is 4.15. The maximum absolute atomic E-state index is 5.87. The molecule has 1 fully saturated rings. The molecular weight excluding hydrogens is 260 g/mol. The Morgan fingerprint density at radius 2 is 2.14 bits per heavy atom. The molecule has 3 nitrogen and oxygen atoms in total. The van der Waals surface area contributed by atoms with E-state index in [2.05, 4.69) is 62.4 Å². The van der Waals surface area contributed by atoms with Crippen LogP contribution in [-0.4, -0.2) is 38.2 Å². The molecule has 2 rings (SSSR count). The highest BCUT2D eigenvalue weighted by molar-refractivity contribution is 5.31. The standard InChI is InChI=1S/C18H30N2O/c1-14(2)21-17-10-7-9-15(12-17)18-16(13-19-3)8-5-6-11-20(18)4/h7,9-10,12,14,16,18-19H,5-6,8,11,13H2,1-4H3. The molecule has 1 aliphatic rings. The van der Waals surface area contributed by atoms with Crippen LogP contribution in [0.25, 0.3) is 0 Å². The Morgan fingerprint density at radius 1 is 1.33 bits per heavy atom. The van der Waals surface area contributed by atoms with Crippen LogP contribution in [0.3, 0.4) is 0 Å². The van der Waals surface area contributed by atoms with Gasteiger partial charge in [0.2, 0.25) is 0 Å². The van der Waals surface area contributed by atoms with Gasteiger partial charge >= 0.3 is 0 Å². The SMILES string of the molecule is CNCC1CCCCN(C)C1c1cccc(OC(C)C)c1. The number of nitrogens with zero attached hydrogens (tertiary/aromatic N) is 1. The lowest BCUT2D eigenvalue weighted by atomic mass is 9.89. The van der Waals surface area contributed by atoms with Gasteiger partial charge in [-0.1, -0.05) is 18.6 Å². The highest BCUT2D eigenvalue weighted by atomic mass is 16.5. The number of rotatable bonds is 5. The molecule has 0 spiro atoms. The molecule has 118 valence electrons. The Labute approximate surface area is 129 Å². The topological polar surface area (TPSA) is 24.5 Å². The summed E-state index contributed by atoms with van der Waals surface area (Å²) < 4.78 is 5.87. The summed E-state index contributed by atoms with van der Waals surface area (Å²) in [7, 11) is 4.31. The van der Waals surface area contributed by atoms with Gasteiger partial charge in [-0.15, -0.1) is 0 Å². The van der Waals surface area contributed by atoms with Crippen LogP contribution in [0.5, 0.6) is 5.75 Å². The molecule has 3 heteroatoms. The largest absolute Gasteiger partial charge is 0.491 e. The maximum atomic E-state index is 5.87. The molecule has 1 heterocycles. The summed E-state index contributed by atoms with van der Waals surface area (Å²) in [5.41, 5.74) is 1.39. The summed E-state index contributed by atoms with van der Waals surface area (Å²) in [5.74, 6) is 1.65. The fourth-order valence-electron chi connectivity index (χ4n) is 3.47. The van der Waals surface area contributed by atoms with Crippen molar-refractivity contribution in [2.75, 3.05) is 27.2 Å². The third-order valence-electron chi connectivity index (χ3n) is 4.29. The van der Waals surface area contributed by atoms with Crippen LogP contribution >= 0.6 is 0 Å². The molecule has 2 atom stereocenters. The second-order valence-electron chi connectivity index (χ2n) is 6.48. The van der Waals surface area contributed by atoms with E-state index in [4.69, 9.17) is 4.74 Å². The number of hydrogen-bond acceptors (Lipinski definition) is 3. The lowest BCUT2D eigenvalue weighted by Crippen LogP contribution is -2.34. The van der Waals surface area contributed by atoms with Crippen LogP contribution in [0.4, 0.5) is 0 Å². The lowest BCUT2D eigenvalue weighted by Gasteiger charge is -2.33. The summed E-state index contributed by atoms with van der Waals surface area (Å²) >= 11 is 0. The summed E-state index contributed by atoms with van der Waals surface area (Å²) in [6.45, 7) is 6.41. The molecule has 1 aromatic carbocycles. The molecule has 0 radical (unpaired) electrons. The number of ether oxygens (including phenoxy) is 1. The van der Waals surface area contributed by atoms with Crippen LogP contribution in [0, 0.1) is 5.92 Å². The fourth-order valence-corrected chi connectivity index (χ4v) is 3.47. The number of benzene rings is 1. The Hall–Kier alpha value is -1.06. The van der Waals surface area contributed by atoms with Crippen molar-refractivity contribution in [2.24, 2.45) is 5.92 Å². The first-order chi connectivity index (χ1) is 10.1. The van der Waals surface area contributed by atoms with Crippen molar-refractivity contribution in [2.45, 2.75) is 45.3 Å². The van der Waals surface area contributed by atoms with Crippen molar-refractivity contribution in [3.63, 3.8) is 0 Å². The van der Waals surface area contributed by atoms with Crippen molar-refractivity contribution in [1.29, 1.82) is 0 Å². The van der Waals surface area contributed by atoms with E-state index in [9.17, 15) is 0 Å². The smallest absolute Gasteiger partial charge is 0.120 e. The molecule has 0 amide bonds. The molecule has 1 saturated heterocycles. The normalized spacial score (nSPS) is 24.0. The van der Waals surface area contributed by atoms with Gasteiger partial charge in [-0.3, -0.25) is 4.90 Å². The molecule has 1 aliphatic heterocycles. The van der Waals surface area contributed by atoms with Crippen LogP contribution in [0.15, 0.2) is 24.3 Å². The third kappa shape index (κ3) is 4.45. The van der Waals surface area contributed by atoms with Crippen molar-refractivity contribution in [1.82, 2.24) is 10.2 Å². The van der Waals surface area contributed by atoms with Crippen molar-refractivity contribution < 1.29 is 4.74 Å². The van der Waals surface area contributed by atoms with Crippen LogP contribution < -0.4 is 10.1 Å². The first-order valence-electron chi connectivity index (χ1n) is 8.23. The van der Waals surface area contributed by atoms with E-state index in [1.165, 1.54) is 31.4 Å². The minimum atomic E-state index is 0.222. The predicted molar refractivity (Wildman–Crippen MR) is 88.8 cm³/mol. The van der Waals surface area contributed by atoms with E-state index >= 15 is 0 Å². The second-order valence-corrected chi connectivity index (χ2v) is 6.48. The van der Waals surface area contributed by atoms with E-state index in [1.54, 1.807) is 0 Å². The summed E-state index contributed by atoms with van der Waals surface area (Å²) in [5, 5.41) is 3.37. The quantitative estimate of drug-likeness (QED) is 0.898. The number of likely N-dealkylation sites (tertiary alicyclic amines) is 1. The van der Waals surface area contributed by atoms with Gasteiger partial charge in [0.1, 0.15) is 5.75 Å². The van der Waals surface area contributed by atoms with Gasteiger partial charge in [0, 0.05) is 6.04 Å². The van der Waals surface area contributed by atoms with Crippen LogP contribution in [-0.2, 0) is 0 Å². The second kappa shape index (κ2) is 7.81. The Kier molecular flexibility index (Phi) is 6.07. The zero-order chi connectivity index (χ0) is 15.2. The average molecular weight is 290 g/mol. The Balaban J connectivity index is 2.25. The Morgan fingerprint density at radius 3 is 2.86 bits per heavy atom. The molecule has 0 saturated carbocycles. The molecule has 1 N–H and O–H groups in total. The molecule has 0 bridgehead atoms. The minimum absolute atomic E-state index is 0.222. The molecular formula is C18H30N2O. The van der Waals surface area contributed by atoms with Gasteiger partial charge in [-0.05, 0) is 77.5 Å². The van der Waals surface area contributed by atoms with Gasteiger partial charge in [-0.25, -0.2) is 0 Å². The van der Waals surface area contributed by atoms with Gasteiger partial charge in [0.15, 0.2) is 0 Å². The van der Waals surface area contributed by atoms with Crippen LogP contribution in [0.1, 0.15) is 44.7 Å². The number of nitrogens with one attached hydrogen (secondary N) is 1. The maximum Gasteiger partial charge on any atom is 0.120 e. The highest BCUT2D eigenvalue weighted by Gasteiger charge is 2.28. The van der Waals surface area contributed by atoms with Crippen molar-refractivity contribution in [3.05, 3.63) is 29.8 Å². The van der Waals surface area contributed by atoms with E-state index in [0.717, 1.165) is 12.3 Å². The Bertz CT molecular complexity index is 433. The van der Waals surface area contributed by atoms with Gasteiger partial charge in [0.25, 0.3) is 0 Å². The van der Waals surface area contributed by atoms with E-state index in [1.807, 2.05) is 0 Å².